The zero-order valence-corrected chi connectivity index (χ0v) is 17.7. The van der Waals surface area contributed by atoms with Gasteiger partial charge in [0.1, 0.15) is 18.2 Å². The van der Waals surface area contributed by atoms with Crippen LogP contribution in [0.2, 0.25) is 5.02 Å². The van der Waals surface area contributed by atoms with Gasteiger partial charge in [0.25, 0.3) is 0 Å². The fourth-order valence-corrected chi connectivity index (χ4v) is 3.66. The quantitative estimate of drug-likeness (QED) is 0.374. The molecule has 1 aromatic heterocycles. The molecular formula is C24H23ClN2O3. The molecule has 1 heterocycles. The number of fused-ring (bicyclic) bond motifs is 1. The number of imidazole rings is 1. The molecule has 3 aromatic carbocycles. The summed E-state index contributed by atoms with van der Waals surface area (Å²) in [5.41, 5.74) is 3.18. The standard InChI is InChI=1S/C24H23ClN2O3/c1-28-22-12-11-17(15-23(22)29-2)13-14-27-20-9-5-4-8-19(20)26-24(27)16-30-21-10-6-3-7-18(21)25/h3-12,15H,13-14,16H2,1-2H3. The average molecular weight is 423 g/mol. The Balaban J connectivity index is 1.58. The third-order valence-corrected chi connectivity index (χ3v) is 5.31. The topological polar surface area (TPSA) is 45.5 Å². The number of rotatable bonds is 8. The van der Waals surface area contributed by atoms with Gasteiger partial charge in [-0.3, -0.25) is 0 Å². The molecule has 30 heavy (non-hydrogen) atoms. The summed E-state index contributed by atoms with van der Waals surface area (Å²) in [4.78, 5) is 4.78. The lowest BCUT2D eigenvalue weighted by molar-refractivity contribution is 0.290. The number of halogens is 1. The smallest absolute Gasteiger partial charge is 0.160 e. The highest BCUT2D eigenvalue weighted by atomic mass is 35.5. The summed E-state index contributed by atoms with van der Waals surface area (Å²) in [6.45, 7) is 1.10. The van der Waals surface area contributed by atoms with Crippen LogP contribution in [-0.2, 0) is 19.6 Å². The Kier molecular flexibility index (Phi) is 6.10. The number of hydrogen-bond acceptors (Lipinski definition) is 4. The van der Waals surface area contributed by atoms with E-state index in [1.54, 1.807) is 14.2 Å². The highest BCUT2D eigenvalue weighted by Crippen LogP contribution is 2.28. The predicted molar refractivity (Wildman–Crippen MR) is 119 cm³/mol. The molecule has 0 aliphatic heterocycles. The van der Waals surface area contributed by atoms with Gasteiger partial charge >= 0.3 is 0 Å². The third kappa shape index (κ3) is 4.21. The van der Waals surface area contributed by atoms with Gasteiger partial charge in [0, 0.05) is 6.54 Å². The van der Waals surface area contributed by atoms with Crippen LogP contribution in [0.15, 0.2) is 66.7 Å². The van der Waals surface area contributed by atoms with E-state index in [4.69, 9.17) is 30.8 Å². The first kappa shape index (κ1) is 20.1. The maximum Gasteiger partial charge on any atom is 0.160 e. The van der Waals surface area contributed by atoms with Crippen LogP contribution in [0.1, 0.15) is 11.4 Å². The fourth-order valence-electron chi connectivity index (χ4n) is 3.47. The van der Waals surface area contributed by atoms with Crippen LogP contribution in [-0.4, -0.2) is 23.8 Å². The molecule has 0 bridgehead atoms. The van der Waals surface area contributed by atoms with E-state index in [-0.39, 0.29) is 0 Å². The van der Waals surface area contributed by atoms with E-state index in [9.17, 15) is 0 Å². The van der Waals surface area contributed by atoms with Gasteiger partial charge in [0.15, 0.2) is 11.5 Å². The van der Waals surface area contributed by atoms with Gasteiger partial charge in [-0.05, 0) is 48.4 Å². The van der Waals surface area contributed by atoms with Crippen LogP contribution in [0.3, 0.4) is 0 Å². The first-order valence-corrected chi connectivity index (χ1v) is 10.1. The normalized spacial score (nSPS) is 10.9. The maximum atomic E-state index is 6.23. The van der Waals surface area contributed by atoms with Crippen molar-refractivity contribution in [1.82, 2.24) is 9.55 Å². The molecule has 0 fully saturated rings. The number of nitrogens with zero attached hydrogens (tertiary/aromatic N) is 2. The van der Waals surface area contributed by atoms with Crippen LogP contribution in [0.4, 0.5) is 0 Å². The number of aryl methyl sites for hydroxylation is 2. The van der Waals surface area contributed by atoms with Crippen LogP contribution in [0.25, 0.3) is 11.0 Å². The molecule has 5 nitrogen and oxygen atoms in total. The molecule has 0 saturated heterocycles. The van der Waals surface area contributed by atoms with Crippen molar-refractivity contribution in [3.05, 3.63) is 83.1 Å². The molecule has 0 radical (unpaired) electrons. The van der Waals surface area contributed by atoms with Gasteiger partial charge < -0.3 is 18.8 Å². The summed E-state index contributed by atoms with van der Waals surface area (Å²) < 4.78 is 18.9. The Morgan fingerprint density at radius 1 is 0.867 bits per heavy atom. The molecule has 0 aliphatic rings. The Hall–Kier alpha value is -3.18. The number of ether oxygens (including phenoxy) is 3. The van der Waals surface area contributed by atoms with Gasteiger partial charge in [0.2, 0.25) is 0 Å². The molecule has 6 heteroatoms. The Morgan fingerprint density at radius 3 is 2.43 bits per heavy atom. The molecule has 0 spiro atoms. The lowest BCUT2D eigenvalue weighted by atomic mass is 10.1. The van der Waals surface area contributed by atoms with Crippen molar-refractivity contribution in [2.24, 2.45) is 0 Å². The SMILES string of the molecule is COc1ccc(CCn2c(COc3ccccc3Cl)nc3ccccc32)cc1OC. The summed E-state index contributed by atoms with van der Waals surface area (Å²) >= 11 is 6.23. The second kappa shape index (κ2) is 9.09. The van der Waals surface area contributed by atoms with Crippen molar-refractivity contribution >= 4 is 22.6 Å². The largest absolute Gasteiger partial charge is 0.493 e. The van der Waals surface area contributed by atoms with E-state index in [2.05, 4.69) is 16.7 Å². The van der Waals surface area contributed by atoms with Crippen LogP contribution < -0.4 is 14.2 Å². The van der Waals surface area contributed by atoms with E-state index in [1.165, 1.54) is 0 Å². The minimum absolute atomic E-state index is 0.338. The second-order valence-electron chi connectivity index (χ2n) is 6.83. The summed E-state index contributed by atoms with van der Waals surface area (Å²) in [6, 6.07) is 21.6. The monoisotopic (exact) mass is 422 g/mol. The molecule has 0 saturated carbocycles. The summed E-state index contributed by atoms with van der Waals surface area (Å²) in [6.07, 6.45) is 0.819. The van der Waals surface area contributed by atoms with Crippen LogP contribution in [0.5, 0.6) is 17.2 Å². The highest BCUT2D eigenvalue weighted by Gasteiger charge is 2.13. The van der Waals surface area contributed by atoms with Gasteiger partial charge in [-0.2, -0.15) is 0 Å². The minimum Gasteiger partial charge on any atom is -0.493 e. The number of benzene rings is 3. The van der Waals surface area contributed by atoms with Crippen molar-refractivity contribution in [3.8, 4) is 17.2 Å². The van der Waals surface area contributed by atoms with E-state index in [1.807, 2.05) is 54.6 Å². The Bertz CT molecular complexity index is 1160. The van der Waals surface area contributed by atoms with E-state index >= 15 is 0 Å². The first-order valence-electron chi connectivity index (χ1n) is 9.72. The molecule has 0 aliphatic carbocycles. The molecule has 154 valence electrons. The summed E-state index contributed by atoms with van der Waals surface area (Å²) in [7, 11) is 3.29. The number of hydrogen-bond donors (Lipinski definition) is 0. The molecule has 0 amide bonds. The van der Waals surface area contributed by atoms with E-state index < -0.39 is 0 Å². The molecular weight excluding hydrogens is 400 g/mol. The summed E-state index contributed by atoms with van der Waals surface area (Å²) in [5, 5.41) is 0.588. The van der Waals surface area contributed by atoms with Gasteiger partial charge in [-0.25, -0.2) is 4.98 Å². The van der Waals surface area contributed by atoms with Crippen molar-refractivity contribution in [2.45, 2.75) is 19.6 Å². The van der Waals surface area contributed by atoms with Gasteiger partial charge in [-0.1, -0.05) is 41.9 Å². The van der Waals surface area contributed by atoms with Crippen LogP contribution >= 0.6 is 11.6 Å². The first-order chi connectivity index (χ1) is 14.7. The summed E-state index contributed by atoms with van der Waals surface area (Å²) in [5.74, 6) is 2.96. The van der Waals surface area contributed by atoms with E-state index in [0.717, 1.165) is 46.9 Å². The molecule has 4 rings (SSSR count). The Labute approximate surface area is 180 Å². The van der Waals surface area contributed by atoms with Crippen molar-refractivity contribution in [3.63, 3.8) is 0 Å². The second-order valence-corrected chi connectivity index (χ2v) is 7.23. The van der Waals surface area contributed by atoms with Crippen LogP contribution in [0, 0.1) is 0 Å². The molecule has 4 aromatic rings. The van der Waals surface area contributed by atoms with Gasteiger partial charge in [-0.15, -0.1) is 0 Å². The number of aromatic nitrogens is 2. The van der Waals surface area contributed by atoms with Crippen molar-refractivity contribution < 1.29 is 14.2 Å². The minimum atomic E-state index is 0.338. The zero-order chi connectivity index (χ0) is 20.9. The predicted octanol–water partition coefficient (Wildman–Crippen LogP) is 5.53. The average Bonchev–Trinajstić information content (AvgIpc) is 3.14. The van der Waals surface area contributed by atoms with Crippen molar-refractivity contribution in [2.75, 3.05) is 14.2 Å². The number of methoxy groups -OCH3 is 2. The third-order valence-electron chi connectivity index (χ3n) is 5.00. The number of para-hydroxylation sites is 3. The molecule has 0 unspecified atom stereocenters. The van der Waals surface area contributed by atoms with E-state index in [0.29, 0.717) is 17.4 Å². The molecule has 0 N–H and O–H groups in total. The fraction of sp³-hybridized carbons (Fsp3) is 0.208. The van der Waals surface area contributed by atoms with Crippen molar-refractivity contribution in [1.29, 1.82) is 0 Å². The van der Waals surface area contributed by atoms with Gasteiger partial charge in [0.05, 0.1) is 30.3 Å². The lowest BCUT2D eigenvalue weighted by Crippen LogP contribution is -2.09. The molecule has 0 atom stereocenters. The lowest BCUT2D eigenvalue weighted by Gasteiger charge is -2.13. The zero-order valence-electron chi connectivity index (χ0n) is 17.0. The highest BCUT2D eigenvalue weighted by molar-refractivity contribution is 6.32. The maximum absolute atomic E-state index is 6.23. The Morgan fingerprint density at radius 2 is 1.63 bits per heavy atom.